The van der Waals surface area contributed by atoms with Crippen LogP contribution < -0.4 is 0 Å². The van der Waals surface area contributed by atoms with Crippen LogP contribution in [0.1, 0.15) is 103 Å². The second-order valence-corrected chi connectivity index (χ2v) is 18.2. The quantitative estimate of drug-likeness (QED) is 0.173. The fourth-order valence-electron chi connectivity index (χ4n) is 5.29. The number of aromatic nitrogens is 2. The van der Waals surface area contributed by atoms with Crippen LogP contribution in [0.2, 0.25) is 0 Å². The van der Waals surface area contributed by atoms with Crippen molar-refractivity contribution in [1.29, 1.82) is 0 Å². The van der Waals surface area contributed by atoms with Crippen molar-refractivity contribution in [2.45, 2.75) is 103 Å². The van der Waals surface area contributed by atoms with E-state index >= 15 is 0 Å². The van der Waals surface area contributed by atoms with Crippen molar-refractivity contribution in [2.24, 2.45) is 16.2 Å². The van der Waals surface area contributed by atoms with Gasteiger partial charge in [0.05, 0.1) is 11.0 Å². The lowest BCUT2D eigenvalue weighted by Crippen LogP contribution is -1.99. The molecule has 5 aromatic carbocycles. The molecule has 0 amide bonds. The van der Waals surface area contributed by atoms with E-state index in [0.29, 0.717) is 22.3 Å². The van der Waals surface area contributed by atoms with Crippen molar-refractivity contribution in [3.05, 3.63) is 127 Å². The van der Waals surface area contributed by atoms with Gasteiger partial charge in [0.25, 0.3) is 0 Å². The van der Waals surface area contributed by atoms with Gasteiger partial charge in [-0.2, -0.15) is 0 Å². The van der Waals surface area contributed by atoms with Crippen molar-refractivity contribution in [1.82, 2.24) is 9.13 Å². The maximum Gasteiger partial charge on any atom is 0.0541 e. The van der Waals surface area contributed by atoms with Gasteiger partial charge in [0.1, 0.15) is 0 Å². The Morgan fingerprint density at radius 2 is 0.580 bits per heavy atom. The van der Waals surface area contributed by atoms with Gasteiger partial charge in [-0.3, -0.25) is 0 Å². The number of rotatable bonds is 2. The fraction of sp³-hybridized carbons (Fsp3) is 0.375. The van der Waals surface area contributed by atoms with Gasteiger partial charge in [-0.15, -0.1) is 0 Å². The summed E-state index contributed by atoms with van der Waals surface area (Å²) in [5.74, 6) is 0. The van der Waals surface area contributed by atoms with E-state index in [1.807, 2.05) is 0 Å². The number of fused-ring (bicyclic) bond motifs is 6. The van der Waals surface area contributed by atoms with Crippen molar-refractivity contribution < 1.29 is 0 Å². The molecule has 7 aromatic rings. The third-order valence-corrected chi connectivity index (χ3v) is 6.73. The summed E-state index contributed by atoms with van der Waals surface area (Å²) in [6, 6.07) is 45.4. The van der Waals surface area contributed by atoms with Crippen LogP contribution >= 0.6 is 0 Å². The van der Waals surface area contributed by atoms with Crippen LogP contribution in [-0.4, -0.2) is 9.13 Å². The monoisotopic (exact) mass is 669 g/mol. The average molecular weight is 669 g/mol. The largest absolute Gasteiger partial charge is 0.338 e. The van der Waals surface area contributed by atoms with Gasteiger partial charge in [0.2, 0.25) is 0 Å². The lowest BCUT2D eigenvalue weighted by atomic mass is 10.0. The van der Waals surface area contributed by atoms with Crippen molar-refractivity contribution in [2.75, 3.05) is 0 Å². The molecule has 0 atom stereocenters. The van der Waals surface area contributed by atoms with E-state index in [9.17, 15) is 0 Å². The van der Waals surface area contributed by atoms with Crippen LogP contribution in [0.3, 0.4) is 0 Å². The van der Waals surface area contributed by atoms with E-state index in [-0.39, 0.29) is 0 Å². The van der Waals surface area contributed by atoms with E-state index < -0.39 is 0 Å². The standard InChI is InChI=1S/C18H13N.C15H15N.3C5H12/c1-2-8-14(9-3-1)19-17-12-6-4-10-15(17)16-11-5-7-13-18(16)19;1-11(2)16-14-9-5-3-7-12(14)13-8-4-6-10-15(13)16;3*1-5(2,3)4/h1-13H;3-11H,1-2H3;3*1-4H3. The molecule has 0 saturated heterocycles. The Hall–Kier alpha value is -4.30. The van der Waals surface area contributed by atoms with Gasteiger partial charge in [-0.05, 0) is 66.5 Å². The van der Waals surface area contributed by atoms with Crippen LogP contribution in [-0.2, 0) is 0 Å². The Bertz CT molecular complexity index is 1900. The molecule has 2 nitrogen and oxygen atoms in total. The minimum atomic E-state index is 0.491. The average Bonchev–Trinajstić information content (AvgIpc) is 3.53. The Kier molecular flexibility index (Phi) is 13.7. The van der Waals surface area contributed by atoms with Gasteiger partial charge >= 0.3 is 0 Å². The third kappa shape index (κ3) is 12.5. The van der Waals surface area contributed by atoms with E-state index in [1.165, 1.54) is 49.3 Å². The smallest absolute Gasteiger partial charge is 0.0541 e. The maximum absolute atomic E-state index is 2.41. The summed E-state index contributed by atoms with van der Waals surface area (Å²) < 4.78 is 4.73. The molecular formula is C48H64N2. The molecule has 0 spiro atoms. The van der Waals surface area contributed by atoms with E-state index in [0.717, 1.165) is 0 Å². The van der Waals surface area contributed by atoms with Crippen molar-refractivity contribution >= 4 is 43.6 Å². The first-order chi connectivity index (χ1) is 23.2. The van der Waals surface area contributed by atoms with Crippen LogP contribution in [0.15, 0.2) is 127 Å². The Labute approximate surface area is 304 Å². The molecule has 50 heavy (non-hydrogen) atoms. The minimum Gasteiger partial charge on any atom is -0.338 e. The summed E-state index contributed by atoms with van der Waals surface area (Å²) >= 11 is 0. The summed E-state index contributed by atoms with van der Waals surface area (Å²) in [6.07, 6.45) is 0. The molecule has 0 radical (unpaired) electrons. The first-order valence-electron chi connectivity index (χ1n) is 18.3. The highest BCUT2D eigenvalue weighted by atomic mass is 15.0. The molecule has 0 fully saturated rings. The maximum atomic E-state index is 2.41. The van der Waals surface area contributed by atoms with Crippen molar-refractivity contribution in [3.8, 4) is 5.69 Å². The van der Waals surface area contributed by atoms with Crippen LogP contribution in [0.25, 0.3) is 49.3 Å². The predicted octanol–water partition coefficient (Wildman–Crippen LogP) is 15.3. The molecule has 2 heterocycles. The summed E-state index contributed by atoms with van der Waals surface area (Å²) in [6.45, 7) is 30.7. The number of para-hydroxylation sites is 5. The molecule has 266 valence electrons. The molecule has 0 aliphatic heterocycles. The van der Waals surface area contributed by atoms with E-state index in [4.69, 9.17) is 0 Å². The molecule has 0 bridgehead atoms. The summed E-state index contributed by atoms with van der Waals surface area (Å²) in [5, 5.41) is 5.32. The molecule has 0 unspecified atom stereocenters. The van der Waals surface area contributed by atoms with Crippen LogP contribution in [0.4, 0.5) is 0 Å². The van der Waals surface area contributed by atoms with Crippen molar-refractivity contribution in [3.63, 3.8) is 0 Å². The summed E-state index contributed by atoms with van der Waals surface area (Å²) in [4.78, 5) is 0. The number of hydrogen-bond donors (Lipinski definition) is 0. The minimum absolute atomic E-state index is 0.491. The lowest BCUT2D eigenvalue weighted by molar-refractivity contribution is 0.469. The molecule has 2 aromatic heterocycles. The fourth-order valence-corrected chi connectivity index (χ4v) is 5.29. The topological polar surface area (TPSA) is 9.86 Å². The highest BCUT2D eigenvalue weighted by Gasteiger charge is 2.12. The Morgan fingerprint density at radius 1 is 0.340 bits per heavy atom. The molecule has 2 heteroatoms. The zero-order chi connectivity index (χ0) is 37.3. The van der Waals surface area contributed by atoms with Gasteiger partial charge < -0.3 is 9.13 Å². The molecular weight excluding hydrogens is 605 g/mol. The number of nitrogens with zero attached hydrogens (tertiary/aromatic N) is 2. The zero-order valence-electron chi connectivity index (χ0n) is 33.6. The van der Waals surface area contributed by atoms with Crippen LogP contribution in [0, 0.1) is 16.2 Å². The van der Waals surface area contributed by atoms with Crippen LogP contribution in [0.5, 0.6) is 0 Å². The highest BCUT2D eigenvalue weighted by molar-refractivity contribution is 6.09. The molecule has 0 N–H and O–H groups in total. The summed E-state index contributed by atoms with van der Waals surface area (Å²) in [5.41, 5.74) is 7.89. The Morgan fingerprint density at radius 3 is 0.880 bits per heavy atom. The SMILES string of the molecule is CC(C)(C)C.CC(C)(C)C.CC(C)(C)C.CC(C)n1c2ccccc2c2ccccc21.c1ccc(-n2c3ccccc3c3ccccc32)cc1. The van der Waals surface area contributed by atoms with Gasteiger partial charge in [0, 0.05) is 44.3 Å². The van der Waals surface area contributed by atoms with E-state index in [1.54, 1.807) is 0 Å². The summed E-state index contributed by atoms with van der Waals surface area (Å²) in [7, 11) is 0. The number of benzene rings is 5. The highest BCUT2D eigenvalue weighted by Crippen LogP contribution is 2.32. The first kappa shape index (κ1) is 40.1. The molecule has 7 rings (SSSR count). The Balaban J connectivity index is 0.000000196. The second kappa shape index (κ2) is 17.1. The predicted molar refractivity (Wildman–Crippen MR) is 226 cm³/mol. The normalized spacial score (nSPS) is 11.6. The number of hydrogen-bond acceptors (Lipinski definition) is 0. The van der Waals surface area contributed by atoms with E-state index in [2.05, 4.69) is 233 Å². The molecule has 0 aliphatic carbocycles. The molecule has 0 saturated carbocycles. The van der Waals surface area contributed by atoms with Gasteiger partial charge in [-0.25, -0.2) is 0 Å². The molecule has 0 aliphatic rings. The van der Waals surface area contributed by atoms with Gasteiger partial charge in [-0.1, -0.05) is 174 Å². The lowest BCUT2D eigenvalue weighted by Gasteiger charge is -2.10. The first-order valence-corrected chi connectivity index (χ1v) is 18.3. The third-order valence-electron chi connectivity index (χ3n) is 6.73. The second-order valence-electron chi connectivity index (χ2n) is 18.2. The zero-order valence-corrected chi connectivity index (χ0v) is 33.6. The van der Waals surface area contributed by atoms with Gasteiger partial charge in [0.15, 0.2) is 0 Å².